The molecule has 1 aliphatic rings. The molecule has 0 unspecified atom stereocenters. The number of hydrogen-bond donors (Lipinski definition) is 1. The van der Waals surface area contributed by atoms with Crippen molar-refractivity contribution in [3.63, 3.8) is 0 Å². The number of carbonyl (C=O) groups is 1. The molecular weight excluding hydrogens is 370 g/mol. The Hall–Kier alpha value is -1.85. The van der Waals surface area contributed by atoms with Gasteiger partial charge in [-0.1, -0.05) is 64.5 Å². The van der Waals surface area contributed by atoms with Crippen molar-refractivity contribution in [2.24, 2.45) is 0 Å². The first-order chi connectivity index (χ1) is 11.8. The van der Waals surface area contributed by atoms with Crippen molar-refractivity contribution in [3.05, 3.63) is 59.7 Å². The molecule has 126 valence electrons. The van der Waals surface area contributed by atoms with E-state index < -0.39 is 6.09 Å². The second kappa shape index (κ2) is 8.31. The Kier molecular flexibility index (Phi) is 5.88. The molecule has 0 aliphatic heterocycles. The van der Waals surface area contributed by atoms with Crippen LogP contribution in [-0.4, -0.2) is 37.8 Å². The van der Waals surface area contributed by atoms with Crippen molar-refractivity contribution < 1.29 is 14.3 Å². The van der Waals surface area contributed by atoms with E-state index in [2.05, 4.69) is 45.5 Å². The summed E-state index contributed by atoms with van der Waals surface area (Å²) < 4.78 is 10.7. The number of rotatable bonds is 7. The fraction of sp³-hybridized carbons (Fsp3) is 0.316. The van der Waals surface area contributed by atoms with Crippen LogP contribution in [0, 0.1) is 0 Å². The summed E-state index contributed by atoms with van der Waals surface area (Å²) in [5.41, 5.74) is 4.88. The van der Waals surface area contributed by atoms with Gasteiger partial charge in [0.1, 0.15) is 6.61 Å². The topological polar surface area (TPSA) is 47.6 Å². The van der Waals surface area contributed by atoms with E-state index in [0.717, 1.165) is 5.33 Å². The summed E-state index contributed by atoms with van der Waals surface area (Å²) in [6.45, 7) is 1.90. The van der Waals surface area contributed by atoms with Crippen molar-refractivity contribution in [2.45, 2.75) is 5.92 Å². The smallest absolute Gasteiger partial charge is 0.407 e. The Labute approximate surface area is 150 Å². The molecule has 0 saturated heterocycles. The molecule has 0 spiro atoms. The van der Waals surface area contributed by atoms with Crippen molar-refractivity contribution in [3.8, 4) is 11.1 Å². The number of halogens is 1. The molecule has 24 heavy (non-hydrogen) atoms. The number of nitrogens with one attached hydrogen (secondary N) is 1. The van der Waals surface area contributed by atoms with Gasteiger partial charge in [0.05, 0.1) is 13.2 Å². The fourth-order valence-corrected chi connectivity index (χ4v) is 3.26. The number of hydrogen-bond acceptors (Lipinski definition) is 3. The number of alkyl carbamates (subject to hydrolysis) is 1. The molecule has 2 aromatic rings. The van der Waals surface area contributed by atoms with Crippen molar-refractivity contribution in [2.75, 3.05) is 31.7 Å². The van der Waals surface area contributed by atoms with Gasteiger partial charge >= 0.3 is 6.09 Å². The minimum Gasteiger partial charge on any atom is -0.449 e. The maximum atomic E-state index is 11.9. The molecule has 0 heterocycles. The van der Waals surface area contributed by atoms with Gasteiger partial charge in [0, 0.05) is 17.8 Å². The quantitative estimate of drug-likeness (QED) is 0.576. The molecule has 1 N–H and O–H groups in total. The van der Waals surface area contributed by atoms with Gasteiger partial charge in [-0.05, 0) is 22.3 Å². The van der Waals surface area contributed by atoms with Gasteiger partial charge < -0.3 is 14.8 Å². The summed E-state index contributed by atoms with van der Waals surface area (Å²) in [6.07, 6.45) is -0.403. The first kappa shape index (κ1) is 17.0. The fourth-order valence-electron chi connectivity index (χ4n) is 3.03. The highest BCUT2D eigenvalue weighted by Gasteiger charge is 2.28. The van der Waals surface area contributed by atoms with E-state index in [1.165, 1.54) is 22.3 Å². The molecule has 4 nitrogen and oxygen atoms in total. The Bertz CT molecular complexity index is 659. The summed E-state index contributed by atoms with van der Waals surface area (Å²) in [4.78, 5) is 11.9. The zero-order chi connectivity index (χ0) is 16.8. The van der Waals surface area contributed by atoms with Crippen LogP contribution in [0.25, 0.3) is 11.1 Å². The molecule has 0 radical (unpaired) electrons. The monoisotopic (exact) mass is 389 g/mol. The lowest BCUT2D eigenvalue weighted by molar-refractivity contribution is 0.127. The van der Waals surface area contributed by atoms with E-state index in [4.69, 9.17) is 9.47 Å². The van der Waals surface area contributed by atoms with Crippen LogP contribution in [0.4, 0.5) is 4.79 Å². The first-order valence-corrected chi connectivity index (χ1v) is 9.16. The van der Waals surface area contributed by atoms with Crippen LogP contribution in [-0.2, 0) is 9.47 Å². The zero-order valence-corrected chi connectivity index (χ0v) is 14.9. The van der Waals surface area contributed by atoms with Crippen LogP contribution in [0.1, 0.15) is 17.0 Å². The number of carbonyl (C=O) groups excluding carboxylic acids is 1. The SMILES string of the molecule is O=C(NCCOCCBr)OCC1c2ccccc2-c2ccccc21. The minimum atomic E-state index is -0.403. The number of ether oxygens (including phenoxy) is 2. The predicted octanol–water partition coefficient (Wildman–Crippen LogP) is 3.94. The molecule has 0 bridgehead atoms. The van der Waals surface area contributed by atoms with Gasteiger partial charge in [-0.25, -0.2) is 4.79 Å². The largest absolute Gasteiger partial charge is 0.449 e. The summed E-state index contributed by atoms with van der Waals surface area (Å²) >= 11 is 3.28. The van der Waals surface area contributed by atoms with Gasteiger partial charge in [-0.15, -0.1) is 0 Å². The Morgan fingerprint density at radius 3 is 2.25 bits per heavy atom. The Balaban J connectivity index is 1.58. The Morgan fingerprint density at radius 1 is 1.00 bits per heavy atom. The van der Waals surface area contributed by atoms with Gasteiger partial charge in [0.2, 0.25) is 0 Å². The number of alkyl halides is 1. The highest BCUT2D eigenvalue weighted by molar-refractivity contribution is 9.09. The first-order valence-electron chi connectivity index (χ1n) is 8.04. The summed E-state index contributed by atoms with van der Waals surface area (Å²) in [5, 5.41) is 3.50. The van der Waals surface area contributed by atoms with Crippen molar-refractivity contribution in [1.29, 1.82) is 0 Å². The van der Waals surface area contributed by atoms with Crippen LogP contribution in [0.5, 0.6) is 0 Å². The van der Waals surface area contributed by atoms with Crippen LogP contribution in [0.3, 0.4) is 0 Å². The molecule has 2 aromatic carbocycles. The molecule has 0 saturated carbocycles. The molecule has 0 aromatic heterocycles. The van der Waals surface area contributed by atoms with Crippen molar-refractivity contribution in [1.82, 2.24) is 5.32 Å². The van der Waals surface area contributed by atoms with Crippen LogP contribution >= 0.6 is 15.9 Å². The summed E-state index contributed by atoms with van der Waals surface area (Å²) in [7, 11) is 0. The lowest BCUT2D eigenvalue weighted by Gasteiger charge is -2.14. The molecule has 3 rings (SSSR count). The number of amides is 1. The lowest BCUT2D eigenvalue weighted by atomic mass is 9.98. The van der Waals surface area contributed by atoms with Crippen LogP contribution < -0.4 is 5.32 Å². The highest BCUT2D eigenvalue weighted by atomic mass is 79.9. The molecule has 1 aliphatic carbocycles. The highest BCUT2D eigenvalue weighted by Crippen LogP contribution is 2.44. The average molecular weight is 390 g/mol. The number of fused-ring (bicyclic) bond motifs is 3. The minimum absolute atomic E-state index is 0.0906. The maximum Gasteiger partial charge on any atom is 0.407 e. The van der Waals surface area contributed by atoms with Gasteiger partial charge in [0.25, 0.3) is 0 Å². The van der Waals surface area contributed by atoms with E-state index in [1.54, 1.807) is 0 Å². The van der Waals surface area contributed by atoms with Crippen LogP contribution in [0.15, 0.2) is 48.5 Å². The summed E-state index contributed by atoms with van der Waals surface area (Å²) in [6, 6.07) is 16.6. The van der Waals surface area contributed by atoms with Crippen LogP contribution in [0.2, 0.25) is 0 Å². The van der Waals surface area contributed by atoms with E-state index in [9.17, 15) is 4.79 Å². The van der Waals surface area contributed by atoms with Gasteiger partial charge in [0.15, 0.2) is 0 Å². The second-order valence-electron chi connectivity index (χ2n) is 5.55. The third-order valence-electron chi connectivity index (χ3n) is 4.08. The third kappa shape index (κ3) is 3.79. The van der Waals surface area contributed by atoms with E-state index in [0.29, 0.717) is 26.4 Å². The lowest BCUT2D eigenvalue weighted by Crippen LogP contribution is -2.29. The zero-order valence-electron chi connectivity index (χ0n) is 13.3. The Morgan fingerprint density at radius 2 is 1.62 bits per heavy atom. The summed E-state index contributed by atoms with van der Waals surface area (Å²) in [5.74, 6) is 0.0906. The molecular formula is C19H20BrNO3. The van der Waals surface area contributed by atoms with E-state index in [1.807, 2.05) is 24.3 Å². The molecule has 1 amide bonds. The third-order valence-corrected chi connectivity index (χ3v) is 4.40. The van der Waals surface area contributed by atoms with E-state index in [-0.39, 0.29) is 5.92 Å². The standard InChI is InChI=1S/C19H20BrNO3/c20-9-11-23-12-10-21-19(22)24-13-18-16-7-3-1-5-14(16)15-6-2-4-8-17(15)18/h1-8,18H,9-13H2,(H,21,22). The van der Waals surface area contributed by atoms with Crippen molar-refractivity contribution >= 4 is 22.0 Å². The average Bonchev–Trinajstić information content (AvgIpc) is 2.94. The normalized spacial score (nSPS) is 12.5. The maximum absolute atomic E-state index is 11.9. The molecule has 5 heteroatoms. The second-order valence-corrected chi connectivity index (χ2v) is 6.35. The predicted molar refractivity (Wildman–Crippen MR) is 97.7 cm³/mol. The van der Waals surface area contributed by atoms with Gasteiger partial charge in [-0.2, -0.15) is 0 Å². The van der Waals surface area contributed by atoms with E-state index >= 15 is 0 Å². The number of benzene rings is 2. The molecule has 0 fully saturated rings. The van der Waals surface area contributed by atoms with Gasteiger partial charge in [-0.3, -0.25) is 0 Å². The molecule has 0 atom stereocenters.